The van der Waals surface area contributed by atoms with Crippen molar-refractivity contribution < 1.29 is 9.47 Å². The van der Waals surface area contributed by atoms with Crippen molar-refractivity contribution >= 4 is 12.2 Å². The van der Waals surface area contributed by atoms with Crippen LogP contribution in [0, 0.1) is 22.5 Å². The van der Waals surface area contributed by atoms with Crippen molar-refractivity contribution in [2.75, 3.05) is 14.2 Å². The summed E-state index contributed by atoms with van der Waals surface area (Å²) in [5.74, 6) is 4.81. The molecule has 2 aromatic rings. The second kappa shape index (κ2) is 6.48. The molecule has 0 spiro atoms. The van der Waals surface area contributed by atoms with Gasteiger partial charge in [0.25, 0.3) is 0 Å². The molecule has 1 N–H and O–H groups in total. The molecule has 4 atom stereocenters. The number of nitrogens with one attached hydrogen (secondary N) is 1. The van der Waals surface area contributed by atoms with Crippen molar-refractivity contribution in [2.45, 2.75) is 38.6 Å². The quantitative estimate of drug-likeness (QED) is 0.791. The van der Waals surface area contributed by atoms with Crippen LogP contribution < -0.4 is 9.47 Å². The third-order valence-electron chi connectivity index (χ3n) is 6.13. The number of fused-ring (bicyclic) bond motifs is 2. The molecule has 0 radical (unpaired) electrons. The zero-order chi connectivity index (χ0) is 17.6. The summed E-state index contributed by atoms with van der Waals surface area (Å²) < 4.78 is 13.7. The Kier molecular flexibility index (Phi) is 4.31. The van der Waals surface area contributed by atoms with Crippen molar-refractivity contribution in [1.82, 2.24) is 14.8 Å². The number of nitrogens with zero attached hydrogens (tertiary/aromatic N) is 2. The highest BCUT2D eigenvalue weighted by Gasteiger charge is 2.42. The normalized spacial score (nSPS) is 26.0. The zero-order valence-corrected chi connectivity index (χ0v) is 15.8. The average Bonchev–Trinajstić information content (AvgIpc) is 3.36. The molecule has 5 nitrogen and oxygen atoms in total. The second-order valence-electron chi connectivity index (χ2n) is 7.40. The van der Waals surface area contributed by atoms with Crippen LogP contribution in [-0.2, 0) is 0 Å². The van der Waals surface area contributed by atoms with Gasteiger partial charge in [-0.05, 0) is 68.3 Å². The molecule has 6 heteroatoms. The van der Waals surface area contributed by atoms with Crippen LogP contribution in [0.15, 0.2) is 18.2 Å². The Morgan fingerprint density at radius 2 is 1.88 bits per heavy atom. The molecule has 0 amide bonds. The lowest BCUT2D eigenvalue weighted by molar-refractivity contribution is 0.242. The van der Waals surface area contributed by atoms with Gasteiger partial charge in [0, 0.05) is 17.7 Å². The standard InChI is InChI=1S/C19H25N3O2S/c1-11(17-7-12-4-5-13(17)6-12)22-18(20-21-19(22)25)14-8-15(23-2)10-16(9-14)24-3/h8-13,17H,4-7H2,1-3H3,(H,21,25). The first-order valence-electron chi connectivity index (χ1n) is 9.01. The molecule has 1 aromatic carbocycles. The molecule has 2 aliphatic carbocycles. The van der Waals surface area contributed by atoms with E-state index in [1.54, 1.807) is 14.2 Å². The molecule has 2 fully saturated rings. The van der Waals surface area contributed by atoms with Crippen molar-refractivity contribution in [1.29, 1.82) is 0 Å². The number of aromatic nitrogens is 3. The molecule has 134 valence electrons. The maximum atomic E-state index is 5.58. The van der Waals surface area contributed by atoms with Crippen molar-refractivity contribution in [3.8, 4) is 22.9 Å². The summed E-state index contributed by atoms with van der Waals surface area (Å²) in [5.41, 5.74) is 0.957. The fraction of sp³-hybridized carbons (Fsp3) is 0.579. The van der Waals surface area contributed by atoms with E-state index in [1.807, 2.05) is 18.2 Å². The van der Waals surface area contributed by atoms with Crippen LogP contribution in [0.1, 0.15) is 38.6 Å². The molecular formula is C19H25N3O2S. The van der Waals surface area contributed by atoms with Crippen LogP contribution in [-0.4, -0.2) is 29.0 Å². The van der Waals surface area contributed by atoms with Gasteiger partial charge in [-0.2, -0.15) is 5.10 Å². The average molecular weight is 359 g/mol. The van der Waals surface area contributed by atoms with Gasteiger partial charge in [-0.3, -0.25) is 9.67 Å². The van der Waals surface area contributed by atoms with Gasteiger partial charge in [-0.1, -0.05) is 6.42 Å². The maximum Gasteiger partial charge on any atom is 0.195 e. The monoisotopic (exact) mass is 359 g/mol. The number of methoxy groups -OCH3 is 2. The van der Waals surface area contributed by atoms with Gasteiger partial charge in [0.05, 0.1) is 14.2 Å². The highest BCUT2D eigenvalue weighted by atomic mass is 32.1. The van der Waals surface area contributed by atoms with Crippen LogP contribution in [0.2, 0.25) is 0 Å². The largest absolute Gasteiger partial charge is 0.497 e. The van der Waals surface area contributed by atoms with E-state index in [0.717, 1.165) is 34.7 Å². The number of hydrogen-bond acceptors (Lipinski definition) is 4. The molecular weight excluding hydrogens is 334 g/mol. The summed E-state index contributed by atoms with van der Waals surface area (Å²) in [6.07, 6.45) is 5.49. The van der Waals surface area contributed by atoms with Gasteiger partial charge in [-0.25, -0.2) is 0 Å². The first-order valence-corrected chi connectivity index (χ1v) is 9.42. The van der Waals surface area contributed by atoms with E-state index in [1.165, 1.54) is 25.7 Å². The molecule has 2 aliphatic rings. The summed E-state index contributed by atoms with van der Waals surface area (Å²) >= 11 is 5.58. The Bertz CT molecular complexity index is 806. The minimum atomic E-state index is 0.341. The van der Waals surface area contributed by atoms with Gasteiger partial charge in [0.1, 0.15) is 11.5 Å². The topological polar surface area (TPSA) is 52.1 Å². The summed E-state index contributed by atoms with van der Waals surface area (Å²) in [4.78, 5) is 0. The molecule has 1 aromatic heterocycles. The summed E-state index contributed by atoms with van der Waals surface area (Å²) in [5, 5.41) is 7.52. The van der Waals surface area contributed by atoms with Crippen molar-refractivity contribution in [3.05, 3.63) is 23.0 Å². The summed E-state index contributed by atoms with van der Waals surface area (Å²) in [6, 6.07) is 6.18. The lowest BCUT2D eigenvalue weighted by atomic mass is 9.84. The predicted molar refractivity (Wildman–Crippen MR) is 99.6 cm³/mol. The molecule has 4 rings (SSSR count). The van der Waals surface area contributed by atoms with E-state index in [2.05, 4.69) is 21.7 Å². The fourth-order valence-electron chi connectivity index (χ4n) is 4.90. The van der Waals surface area contributed by atoms with Crippen molar-refractivity contribution in [2.24, 2.45) is 17.8 Å². The minimum absolute atomic E-state index is 0.341. The van der Waals surface area contributed by atoms with E-state index in [-0.39, 0.29) is 0 Å². The third kappa shape index (κ3) is 2.86. The second-order valence-corrected chi connectivity index (χ2v) is 7.79. The Morgan fingerprint density at radius 3 is 2.44 bits per heavy atom. The lowest BCUT2D eigenvalue weighted by Crippen LogP contribution is -2.22. The number of aromatic amines is 1. The molecule has 25 heavy (non-hydrogen) atoms. The van der Waals surface area contributed by atoms with Gasteiger partial charge >= 0.3 is 0 Å². The molecule has 0 aliphatic heterocycles. The number of rotatable bonds is 5. The Morgan fingerprint density at radius 1 is 1.16 bits per heavy atom. The van der Waals surface area contributed by atoms with Crippen LogP contribution in [0.25, 0.3) is 11.4 Å². The SMILES string of the molecule is COc1cc(OC)cc(-c2n[nH]c(=S)n2C(C)C2CC3CCC2C3)c1. The minimum Gasteiger partial charge on any atom is -0.497 e. The van der Waals surface area contributed by atoms with Crippen LogP contribution in [0.4, 0.5) is 0 Å². The summed E-state index contributed by atoms with van der Waals surface area (Å²) in [6.45, 7) is 2.29. The number of hydrogen-bond donors (Lipinski definition) is 1. The summed E-state index contributed by atoms with van der Waals surface area (Å²) in [7, 11) is 3.32. The van der Waals surface area contributed by atoms with Crippen LogP contribution in [0.3, 0.4) is 0 Å². The van der Waals surface area contributed by atoms with Gasteiger partial charge < -0.3 is 9.47 Å². The Balaban J connectivity index is 1.74. The smallest absolute Gasteiger partial charge is 0.195 e. The Hall–Kier alpha value is -1.82. The Labute approximate surface area is 153 Å². The van der Waals surface area contributed by atoms with Crippen LogP contribution in [0.5, 0.6) is 11.5 Å². The predicted octanol–water partition coefficient (Wildman–Crippen LogP) is 4.62. The number of benzene rings is 1. The highest BCUT2D eigenvalue weighted by Crippen LogP contribution is 2.52. The fourth-order valence-corrected chi connectivity index (χ4v) is 5.20. The van der Waals surface area contributed by atoms with Crippen LogP contribution >= 0.6 is 12.2 Å². The molecule has 2 saturated carbocycles. The van der Waals surface area contributed by atoms with E-state index in [9.17, 15) is 0 Å². The zero-order valence-electron chi connectivity index (χ0n) is 15.0. The van der Waals surface area contributed by atoms with E-state index in [0.29, 0.717) is 16.7 Å². The third-order valence-corrected chi connectivity index (χ3v) is 6.42. The van der Waals surface area contributed by atoms with Gasteiger partial charge in [-0.15, -0.1) is 0 Å². The molecule has 2 bridgehead atoms. The van der Waals surface area contributed by atoms with E-state index in [4.69, 9.17) is 21.7 Å². The number of H-pyrrole nitrogens is 1. The lowest BCUT2D eigenvalue weighted by Gasteiger charge is -2.29. The first-order chi connectivity index (χ1) is 12.1. The van der Waals surface area contributed by atoms with Crippen molar-refractivity contribution in [3.63, 3.8) is 0 Å². The molecule has 4 unspecified atom stereocenters. The van der Waals surface area contributed by atoms with Gasteiger partial charge in [0.15, 0.2) is 10.6 Å². The number of ether oxygens (including phenoxy) is 2. The van der Waals surface area contributed by atoms with E-state index < -0.39 is 0 Å². The highest BCUT2D eigenvalue weighted by molar-refractivity contribution is 7.71. The molecule has 1 heterocycles. The maximum absolute atomic E-state index is 5.58. The van der Waals surface area contributed by atoms with E-state index >= 15 is 0 Å². The molecule has 0 saturated heterocycles. The first kappa shape index (κ1) is 16.6. The van der Waals surface area contributed by atoms with Gasteiger partial charge in [0.2, 0.25) is 0 Å².